The van der Waals surface area contributed by atoms with Gasteiger partial charge in [-0.25, -0.2) is 0 Å². The second kappa shape index (κ2) is 17.1. The molecule has 11 aromatic carbocycles. The normalized spacial score (nSPS) is 11.1. The van der Waals surface area contributed by atoms with Crippen molar-refractivity contribution in [1.82, 2.24) is 0 Å². The van der Waals surface area contributed by atoms with E-state index in [2.05, 4.69) is 277 Å². The molecule has 0 aliphatic rings. The van der Waals surface area contributed by atoms with Crippen molar-refractivity contribution >= 4 is 55.7 Å². The number of anilines is 6. The van der Waals surface area contributed by atoms with Crippen LogP contribution in [0.4, 0.5) is 34.1 Å². The van der Waals surface area contributed by atoms with Gasteiger partial charge in [0.2, 0.25) is 0 Å². The van der Waals surface area contributed by atoms with Gasteiger partial charge in [0.25, 0.3) is 0 Å². The van der Waals surface area contributed by atoms with Gasteiger partial charge >= 0.3 is 0 Å². The Morgan fingerprint density at radius 1 is 0.188 bits per heavy atom. The van der Waals surface area contributed by atoms with E-state index in [0.29, 0.717) is 0 Å². The van der Waals surface area contributed by atoms with Crippen molar-refractivity contribution in [3.05, 3.63) is 267 Å². The third-order valence-corrected chi connectivity index (χ3v) is 12.2. The second-order valence-corrected chi connectivity index (χ2v) is 16.2. The van der Waals surface area contributed by atoms with Crippen molar-refractivity contribution in [3.63, 3.8) is 0 Å². The summed E-state index contributed by atoms with van der Waals surface area (Å²) in [4.78, 5) is 4.65. The number of benzene rings is 11. The molecule has 0 fully saturated rings. The summed E-state index contributed by atoms with van der Waals surface area (Å²) in [7, 11) is 0. The van der Waals surface area contributed by atoms with Gasteiger partial charge in [-0.3, -0.25) is 0 Å². The summed E-state index contributed by atoms with van der Waals surface area (Å²) < 4.78 is 0. The van der Waals surface area contributed by atoms with Crippen LogP contribution in [-0.4, -0.2) is 0 Å². The Balaban J connectivity index is 0.901. The average molecular weight is 817 g/mol. The molecule has 64 heavy (non-hydrogen) atoms. The lowest BCUT2D eigenvalue weighted by atomic mass is 9.90. The Bertz CT molecular complexity index is 3310. The van der Waals surface area contributed by atoms with Gasteiger partial charge in [0.1, 0.15) is 0 Å². The molecule has 0 saturated carbocycles. The third-order valence-electron chi connectivity index (χ3n) is 12.2. The van der Waals surface area contributed by atoms with Gasteiger partial charge in [-0.1, -0.05) is 182 Å². The van der Waals surface area contributed by atoms with Crippen LogP contribution >= 0.6 is 0 Å². The summed E-state index contributed by atoms with van der Waals surface area (Å²) in [5, 5.41) is 5.05. The highest BCUT2D eigenvalue weighted by atomic mass is 15.1. The number of para-hydroxylation sites is 2. The zero-order valence-corrected chi connectivity index (χ0v) is 35.3. The predicted octanol–water partition coefficient (Wildman–Crippen LogP) is 17.6. The van der Waals surface area contributed by atoms with Crippen molar-refractivity contribution in [3.8, 4) is 44.5 Å². The second-order valence-electron chi connectivity index (χ2n) is 16.2. The lowest BCUT2D eigenvalue weighted by Gasteiger charge is -2.26. The van der Waals surface area contributed by atoms with Gasteiger partial charge in [-0.2, -0.15) is 0 Å². The Kier molecular flexibility index (Phi) is 10.3. The molecule has 0 radical (unpaired) electrons. The van der Waals surface area contributed by atoms with E-state index >= 15 is 0 Å². The molecule has 0 unspecified atom stereocenters. The van der Waals surface area contributed by atoms with Gasteiger partial charge in [0.15, 0.2) is 0 Å². The fraction of sp³-hybridized carbons (Fsp3) is 0. The molecule has 11 aromatic rings. The van der Waals surface area contributed by atoms with Gasteiger partial charge in [-0.05, 0) is 151 Å². The summed E-state index contributed by atoms with van der Waals surface area (Å²) in [6.45, 7) is 0. The molecule has 0 heterocycles. The predicted molar refractivity (Wildman–Crippen MR) is 273 cm³/mol. The quantitative estimate of drug-likeness (QED) is 0.127. The van der Waals surface area contributed by atoms with E-state index in [1.54, 1.807) is 0 Å². The van der Waals surface area contributed by atoms with E-state index in [9.17, 15) is 0 Å². The third kappa shape index (κ3) is 7.59. The minimum Gasteiger partial charge on any atom is -0.311 e. The highest BCUT2D eigenvalue weighted by Crippen LogP contribution is 2.41. The standard InChI is InChI=1S/C62H44N2/c1-5-15-45(16-6-1)46-25-34-55(35-26-46)63(53-20-9-3-10-21-53)56-36-27-47(28-37-56)48-29-38-57(39-30-48)64(54-22-11-4-12-23-54)58-40-31-49(32-41-58)52-43-61(50-17-7-2-8-18-50)60-42-33-51-19-13-14-24-59(51)62(60)44-52/h1-44H. The first-order valence-electron chi connectivity index (χ1n) is 21.9. The summed E-state index contributed by atoms with van der Waals surface area (Å²) in [6, 6.07) is 96.1. The van der Waals surface area contributed by atoms with Crippen LogP contribution in [0.1, 0.15) is 0 Å². The SMILES string of the molecule is c1ccc(-c2ccc(N(c3ccccc3)c3ccc(-c4ccc(N(c5ccccc5)c5ccc(-c6cc(-c7ccccc7)c7ccc8ccccc8c7c6)cc5)cc4)cc3)cc2)cc1. The minimum absolute atomic E-state index is 1.09. The summed E-state index contributed by atoms with van der Waals surface area (Å²) in [5.41, 5.74) is 16.2. The molecule has 0 aliphatic carbocycles. The smallest absolute Gasteiger partial charge is 0.0462 e. The van der Waals surface area contributed by atoms with Crippen molar-refractivity contribution in [2.45, 2.75) is 0 Å². The summed E-state index contributed by atoms with van der Waals surface area (Å²) in [5.74, 6) is 0. The average Bonchev–Trinajstić information content (AvgIpc) is 3.38. The monoisotopic (exact) mass is 816 g/mol. The molecule has 2 heteroatoms. The lowest BCUT2D eigenvalue weighted by Crippen LogP contribution is -2.10. The molecule has 11 rings (SSSR count). The molecule has 0 amide bonds. The van der Waals surface area contributed by atoms with Crippen molar-refractivity contribution < 1.29 is 0 Å². The van der Waals surface area contributed by atoms with Crippen LogP contribution in [0, 0.1) is 0 Å². The molecule has 0 N–H and O–H groups in total. The molecule has 0 aromatic heterocycles. The van der Waals surface area contributed by atoms with Crippen LogP contribution in [0.5, 0.6) is 0 Å². The number of rotatable bonds is 10. The fourth-order valence-corrected chi connectivity index (χ4v) is 9.03. The van der Waals surface area contributed by atoms with Gasteiger partial charge < -0.3 is 9.80 Å². The number of hydrogen-bond donors (Lipinski definition) is 0. The van der Waals surface area contributed by atoms with E-state index in [4.69, 9.17) is 0 Å². The molecule has 0 bridgehead atoms. The summed E-state index contributed by atoms with van der Waals surface area (Å²) >= 11 is 0. The van der Waals surface area contributed by atoms with Crippen molar-refractivity contribution in [2.24, 2.45) is 0 Å². The molecule has 0 saturated heterocycles. The van der Waals surface area contributed by atoms with E-state index < -0.39 is 0 Å². The maximum Gasteiger partial charge on any atom is 0.0462 e. The molecule has 2 nitrogen and oxygen atoms in total. The molecule has 302 valence electrons. The van der Waals surface area contributed by atoms with E-state index in [1.165, 1.54) is 54.9 Å². The van der Waals surface area contributed by atoms with Crippen LogP contribution in [0.25, 0.3) is 66.1 Å². The highest BCUT2D eigenvalue weighted by molar-refractivity contribution is 6.13. The Hall–Kier alpha value is -8.46. The number of fused-ring (bicyclic) bond motifs is 3. The molecule has 0 atom stereocenters. The zero-order chi connectivity index (χ0) is 42.7. The van der Waals surface area contributed by atoms with Crippen LogP contribution < -0.4 is 9.80 Å². The number of hydrogen-bond acceptors (Lipinski definition) is 2. The Morgan fingerprint density at radius 2 is 0.531 bits per heavy atom. The first kappa shape index (κ1) is 38.5. The zero-order valence-electron chi connectivity index (χ0n) is 35.3. The molecule has 0 aliphatic heterocycles. The summed E-state index contributed by atoms with van der Waals surface area (Å²) in [6.07, 6.45) is 0. The van der Waals surface area contributed by atoms with E-state index in [0.717, 1.165) is 45.3 Å². The van der Waals surface area contributed by atoms with Gasteiger partial charge in [0.05, 0.1) is 0 Å². The highest BCUT2D eigenvalue weighted by Gasteiger charge is 2.16. The van der Waals surface area contributed by atoms with Crippen molar-refractivity contribution in [1.29, 1.82) is 0 Å². The van der Waals surface area contributed by atoms with E-state index in [-0.39, 0.29) is 0 Å². The largest absolute Gasteiger partial charge is 0.311 e. The minimum atomic E-state index is 1.09. The molecular weight excluding hydrogens is 773 g/mol. The van der Waals surface area contributed by atoms with E-state index in [1.807, 2.05) is 0 Å². The van der Waals surface area contributed by atoms with Crippen LogP contribution in [-0.2, 0) is 0 Å². The Morgan fingerprint density at radius 3 is 0.984 bits per heavy atom. The van der Waals surface area contributed by atoms with Gasteiger partial charge in [-0.15, -0.1) is 0 Å². The topological polar surface area (TPSA) is 6.48 Å². The van der Waals surface area contributed by atoms with Gasteiger partial charge in [0, 0.05) is 34.1 Å². The maximum atomic E-state index is 2.36. The van der Waals surface area contributed by atoms with Crippen LogP contribution in [0.3, 0.4) is 0 Å². The molecular formula is C62H44N2. The fourth-order valence-electron chi connectivity index (χ4n) is 9.03. The van der Waals surface area contributed by atoms with Crippen LogP contribution in [0.15, 0.2) is 267 Å². The first-order valence-corrected chi connectivity index (χ1v) is 21.9. The Labute approximate surface area is 375 Å². The van der Waals surface area contributed by atoms with Crippen LogP contribution in [0.2, 0.25) is 0 Å². The lowest BCUT2D eigenvalue weighted by molar-refractivity contribution is 1.28. The number of nitrogens with zero attached hydrogens (tertiary/aromatic N) is 2. The van der Waals surface area contributed by atoms with Crippen molar-refractivity contribution in [2.75, 3.05) is 9.80 Å². The first-order chi connectivity index (χ1) is 31.7. The molecule has 0 spiro atoms. The maximum absolute atomic E-state index is 2.36.